The van der Waals surface area contributed by atoms with Crippen molar-refractivity contribution in [2.24, 2.45) is 0 Å². The average molecular weight is 388 g/mol. The predicted octanol–water partition coefficient (Wildman–Crippen LogP) is 4.55. The van der Waals surface area contributed by atoms with Gasteiger partial charge in [0.05, 0.1) is 11.3 Å². The van der Waals surface area contributed by atoms with E-state index in [1.807, 2.05) is 25.1 Å². The molecule has 0 spiro atoms. The molecule has 3 nitrogen and oxygen atoms in total. The molecule has 20 heavy (non-hydrogen) atoms. The summed E-state index contributed by atoms with van der Waals surface area (Å²) < 4.78 is 25.9. The van der Waals surface area contributed by atoms with Gasteiger partial charge in [-0.1, -0.05) is 21.1 Å². The number of halogens is 3. The third kappa shape index (κ3) is 3.24. The minimum absolute atomic E-state index is 0.0737. The predicted molar refractivity (Wildman–Crippen MR) is 82.0 cm³/mol. The van der Waals surface area contributed by atoms with E-state index in [0.717, 1.165) is 14.8 Å². The highest BCUT2D eigenvalue weighted by molar-refractivity contribution is 14.1. The van der Waals surface area contributed by atoms with Crippen LogP contribution >= 0.6 is 22.6 Å². The summed E-state index contributed by atoms with van der Waals surface area (Å²) >= 11 is 2.19. The lowest BCUT2D eigenvalue weighted by molar-refractivity contribution is -0.108. The fourth-order valence-corrected chi connectivity index (χ4v) is 2.43. The van der Waals surface area contributed by atoms with E-state index in [1.54, 1.807) is 18.2 Å². The topological polar surface area (TPSA) is 32.3 Å². The first-order valence-electron chi connectivity index (χ1n) is 5.77. The zero-order valence-corrected chi connectivity index (χ0v) is 12.7. The molecule has 0 aliphatic heterocycles. The Labute approximate surface area is 128 Å². The van der Waals surface area contributed by atoms with Crippen LogP contribution in [0.1, 0.15) is 15.9 Å². The van der Waals surface area contributed by atoms with Gasteiger partial charge in [0.1, 0.15) is 0 Å². The molecule has 2 aromatic carbocycles. The second-order valence-electron chi connectivity index (χ2n) is 4.17. The minimum atomic E-state index is -1.42. The van der Waals surface area contributed by atoms with Crippen molar-refractivity contribution in [3.63, 3.8) is 0 Å². The molecule has 2 aromatic rings. The zero-order chi connectivity index (χ0) is 14.7. The number of aryl methyl sites for hydroxylation is 1. The molecule has 0 aliphatic rings. The van der Waals surface area contributed by atoms with Crippen molar-refractivity contribution in [1.82, 2.24) is 5.34 Å². The van der Waals surface area contributed by atoms with E-state index in [0.29, 0.717) is 5.69 Å². The van der Waals surface area contributed by atoms with Gasteiger partial charge in [-0.25, -0.2) is 0 Å². The normalized spacial score (nSPS) is 10.2. The molecule has 0 atom stereocenters. The number of hydrogen-bond donors (Lipinski definition) is 1. The number of para-hydroxylation sites is 1. The highest BCUT2D eigenvalue weighted by Gasteiger charge is 2.18. The van der Waals surface area contributed by atoms with Crippen molar-refractivity contribution in [2.75, 3.05) is 5.32 Å². The fraction of sp³-hybridized carbons (Fsp3) is 0.0714. The Morgan fingerprint density at radius 2 is 1.85 bits per heavy atom. The first kappa shape index (κ1) is 14.7. The van der Waals surface area contributed by atoms with E-state index in [9.17, 15) is 13.8 Å². The van der Waals surface area contributed by atoms with Gasteiger partial charge in [0.15, 0.2) is 0 Å². The lowest BCUT2D eigenvalue weighted by Gasteiger charge is -2.13. The third-order valence-electron chi connectivity index (χ3n) is 2.77. The molecule has 0 fully saturated rings. The molecular weight excluding hydrogens is 377 g/mol. The number of rotatable bonds is 3. The Bertz CT molecular complexity index is 647. The third-order valence-corrected chi connectivity index (χ3v) is 3.44. The van der Waals surface area contributed by atoms with Gasteiger partial charge in [0.25, 0.3) is 0 Å². The summed E-state index contributed by atoms with van der Waals surface area (Å²) in [4.78, 5) is 11.4. The van der Waals surface area contributed by atoms with Gasteiger partial charge in [-0.15, -0.1) is 0 Å². The molecule has 0 radical (unpaired) electrons. The van der Waals surface area contributed by atoms with Crippen LogP contribution in [0.5, 0.6) is 0 Å². The Hall–Kier alpha value is -1.70. The number of nitrogens with one attached hydrogen (secondary N) is 1. The Kier molecular flexibility index (Phi) is 4.53. The number of carbonyl (C=O) groups is 1. The first-order valence-corrected chi connectivity index (χ1v) is 6.85. The molecule has 1 amide bonds. The van der Waals surface area contributed by atoms with Gasteiger partial charge in [0, 0.05) is 14.6 Å². The largest absolute Gasteiger partial charge is 0.355 e. The maximum atomic E-state index is 12.4. The molecule has 1 N–H and O–H groups in total. The maximum absolute atomic E-state index is 12.4. The van der Waals surface area contributed by atoms with E-state index < -0.39 is 11.3 Å². The Morgan fingerprint density at radius 3 is 2.50 bits per heavy atom. The number of carbonyl (C=O) groups excluding carboxylic acids is 1. The van der Waals surface area contributed by atoms with E-state index in [-0.39, 0.29) is 5.56 Å². The molecule has 6 heteroatoms. The quantitative estimate of drug-likeness (QED) is 0.618. The van der Waals surface area contributed by atoms with Gasteiger partial charge in [-0.05, 0) is 65.4 Å². The molecule has 0 unspecified atom stereocenters. The van der Waals surface area contributed by atoms with Crippen LogP contribution in [0, 0.1) is 10.5 Å². The summed E-state index contributed by atoms with van der Waals surface area (Å²) in [6.07, 6.45) is 0. The van der Waals surface area contributed by atoms with Gasteiger partial charge < -0.3 is 5.32 Å². The van der Waals surface area contributed by atoms with E-state index in [2.05, 4.69) is 27.9 Å². The Balaban J connectivity index is 2.36. The van der Waals surface area contributed by atoms with Crippen LogP contribution in [0.15, 0.2) is 42.5 Å². The zero-order valence-electron chi connectivity index (χ0n) is 10.5. The van der Waals surface area contributed by atoms with Crippen molar-refractivity contribution >= 4 is 39.9 Å². The number of anilines is 2. The molecule has 2 rings (SSSR count). The van der Waals surface area contributed by atoms with Crippen LogP contribution in [0.3, 0.4) is 0 Å². The van der Waals surface area contributed by atoms with Gasteiger partial charge in [-0.2, -0.15) is 0 Å². The summed E-state index contributed by atoms with van der Waals surface area (Å²) in [5, 5.41) is 1.60. The number of hydrogen-bond acceptors (Lipinski definition) is 2. The van der Waals surface area contributed by atoms with Crippen molar-refractivity contribution in [3.8, 4) is 0 Å². The second kappa shape index (κ2) is 6.17. The summed E-state index contributed by atoms with van der Waals surface area (Å²) in [7, 11) is 0. The van der Waals surface area contributed by atoms with Crippen LogP contribution < -0.4 is 5.32 Å². The first-order chi connectivity index (χ1) is 9.49. The SMILES string of the molecule is Cc1cc(I)ccc1Nc1ccccc1C(=O)N(F)F. The van der Waals surface area contributed by atoms with Crippen molar-refractivity contribution in [2.45, 2.75) is 6.92 Å². The van der Waals surface area contributed by atoms with Crippen LogP contribution in [-0.2, 0) is 0 Å². The van der Waals surface area contributed by atoms with Crippen molar-refractivity contribution in [3.05, 3.63) is 57.2 Å². The molecular formula is C14H11F2IN2O. The van der Waals surface area contributed by atoms with Crippen LogP contribution in [-0.4, -0.2) is 11.3 Å². The van der Waals surface area contributed by atoms with Crippen LogP contribution in [0.4, 0.5) is 20.3 Å². The highest BCUT2D eigenvalue weighted by Crippen LogP contribution is 2.25. The van der Waals surface area contributed by atoms with Gasteiger partial charge >= 0.3 is 5.91 Å². The van der Waals surface area contributed by atoms with Gasteiger partial charge in [0.2, 0.25) is 0 Å². The van der Waals surface area contributed by atoms with E-state index in [1.165, 1.54) is 6.07 Å². The van der Waals surface area contributed by atoms with Gasteiger partial charge in [-0.3, -0.25) is 4.79 Å². The summed E-state index contributed by atoms with van der Waals surface area (Å²) in [6, 6.07) is 11.9. The van der Waals surface area contributed by atoms with E-state index >= 15 is 0 Å². The lowest BCUT2D eigenvalue weighted by Crippen LogP contribution is -2.15. The highest BCUT2D eigenvalue weighted by atomic mass is 127. The molecule has 104 valence electrons. The molecule has 0 heterocycles. The van der Waals surface area contributed by atoms with Crippen LogP contribution in [0.25, 0.3) is 0 Å². The summed E-state index contributed by atoms with van der Waals surface area (Å²) in [6.45, 7) is 1.91. The van der Waals surface area contributed by atoms with E-state index in [4.69, 9.17) is 0 Å². The average Bonchev–Trinajstić information content (AvgIpc) is 2.41. The summed E-state index contributed by atoms with van der Waals surface area (Å²) in [5.74, 6) is -1.34. The fourth-order valence-electron chi connectivity index (χ4n) is 1.78. The Morgan fingerprint density at radius 1 is 1.15 bits per heavy atom. The minimum Gasteiger partial charge on any atom is -0.355 e. The monoisotopic (exact) mass is 388 g/mol. The number of amides is 1. The second-order valence-corrected chi connectivity index (χ2v) is 5.41. The smallest absolute Gasteiger partial charge is 0.316 e. The van der Waals surface area contributed by atoms with Crippen LogP contribution in [0.2, 0.25) is 0 Å². The molecule has 0 saturated carbocycles. The number of benzene rings is 2. The summed E-state index contributed by atoms with van der Waals surface area (Å²) in [5.41, 5.74) is 2.02. The van der Waals surface area contributed by atoms with Crippen molar-refractivity contribution < 1.29 is 13.8 Å². The van der Waals surface area contributed by atoms with Crippen molar-refractivity contribution in [1.29, 1.82) is 0 Å². The number of nitrogens with zero attached hydrogens (tertiary/aromatic N) is 1. The standard InChI is InChI=1S/C14H11F2IN2O/c1-9-8-10(17)6-7-12(9)18-13-5-3-2-4-11(13)14(20)19(15)16/h2-8,18H,1H3. The molecule has 0 aromatic heterocycles. The molecule has 0 saturated heterocycles. The maximum Gasteiger partial charge on any atom is 0.316 e. The lowest BCUT2D eigenvalue weighted by atomic mass is 10.1. The molecule has 0 aliphatic carbocycles. The molecule has 0 bridgehead atoms.